The molecular formula is C35H39F4N3O3. The number of fused-ring (bicyclic) bond motifs is 1. The first-order chi connectivity index (χ1) is 21.5. The van der Waals surface area contributed by atoms with Crippen LogP contribution in [-0.4, -0.2) is 62.1 Å². The number of amidine groups is 1. The lowest BCUT2D eigenvalue weighted by atomic mass is 9.99. The highest BCUT2D eigenvalue weighted by Crippen LogP contribution is 2.33. The molecule has 0 spiro atoms. The van der Waals surface area contributed by atoms with Gasteiger partial charge >= 0.3 is 12.5 Å². The van der Waals surface area contributed by atoms with E-state index in [9.17, 15) is 17.6 Å². The maximum atomic E-state index is 13.2. The Hall–Kier alpha value is -4.31. The third kappa shape index (κ3) is 9.59. The molecule has 0 bridgehead atoms. The van der Waals surface area contributed by atoms with Crippen molar-refractivity contribution in [1.29, 1.82) is 0 Å². The predicted molar refractivity (Wildman–Crippen MR) is 169 cm³/mol. The number of halogens is 4. The standard InChI is InChI=1S/C35H39F4N3O3/c1-25(2)28-13-10-14-29(22-28)30(40-33(41(3)4)27-11-6-5-7-12-27)17-19-42(18-8-9-20-45-35(38,39)34(36)37)23-26-15-16-31-32(21-26)44-24-43-31/h5-7,9-17,20-22,25,34H,8,18-19,23-24H2,1-4H3/b20-9+,30-17+,40-33?. The average molecular weight is 626 g/mol. The molecule has 45 heavy (non-hydrogen) atoms. The zero-order valence-electron chi connectivity index (χ0n) is 25.9. The molecule has 0 radical (unpaired) electrons. The van der Waals surface area contributed by atoms with Crippen molar-refractivity contribution in [3.63, 3.8) is 0 Å². The van der Waals surface area contributed by atoms with E-state index in [1.165, 1.54) is 11.6 Å². The molecule has 1 heterocycles. The van der Waals surface area contributed by atoms with Crippen LogP contribution in [0.15, 0.2) is 96.2 Å². The molecule has 1 aliphatic rings. The van der Waals surface area contributed by atoms with Gasteiger partial charge < -0.3 is 19.1 Å². The van der Waals surface area contributed by atoms with Gasteiger partial charge in [0.25, 0.3) is 0 Å². The van der Waals surface area contributed by atoms with Gasteiger partial charge in [-0.05, 0) is 53.8 Å². The Balaban J connectivity index is 1.65. The quantitative estimate of drug-likeness (QED) is 0.0783. The van der Waals surface area contributed by atoms with Crippen molar-refractivity contribution in [2.45, 2.75) is 45.3 Å². The van der Waals surface area contributed by atoms with E-state index in [4.69, 9.17) is 14.5 Å². The van der Waals surface area contributed by atoms with Gasteiger partial charge in [0.2, 0.25) is 6.79 Å². The molecule has 3 aromatic rings. The Kier molecular flexibility index (Phi) is 11.6. The summed E-state index contributed by atoms with van der Waals surface area (Å²) in [4.78, 5) is 9.22. The van der Waals surface area contributed by atoms with E-state index in [1.807, 2.05) is 85.7 Å². The van der Waals surface area contributed by atoms with Crippen LogP contribution >= 0.6 is 0 Å². The summed E-state index contributed by atoms with van der Waals surface area (Å²) in [6.07, 6.45) is -4.16. The predicted octanol–water partition coefficient (Wildman–Crippen LogP) is 8.17. The first-order valence-electron chi connectivity index (χ1n) is 14.7. The van der Waals surface area contributed by atoms with Crippen LogP contribution in [0.1, 0.15) is 48.4 Å². The Morgan fingerprint density at radius 3 is 2.40 bits per heavy atom. The minimum absolute atomic E-state index is 0.158. The van der Waals surface area contributed by atoms with E-state index in [1.54, 1.807) is 0 Å². The number of aliphatic imine (C=N–C) groups is 1. The van der Waals surface area contributed by atoms with Crippen LogP contribution in [0.5, 0.6) is 11.5 Å². The van der Waals surface area contributed by atoms with Crippen LogP contribution in [-0.2, 0) is 11.3 Å². The largest absolute Gasteiger partial charge is 0.460 e. The third-order valence-corrected chi connectivity index (χ3v) is 7.10. The van der Waals surface area contributed by atoms with Gasteiger partial charge in [0.05, 0.1) is 12.0 Å². The average Bonchev–Trinajstić information content (AvgIpc) is 3.49. The molecule has 0 fully saturated rings. The maximum Gasteiger partial charge on any atom is 0.460 e. The molecule has 10 heteroatoms. The molecule has 0 unspecified atom stereocenters. The highest BCUT2D eigenvalue weighted by molar-refractivity contribution is 6.01. The summed E-state index contributed by atoms with van der Waals surface area (Å²) in [5, 5.41) is 0. The Bertz CT molecular complexity index is 1490. The van der Waals surface area contributed by atoms with E-state index in [0.717, 1.165) is 28.2 Å². The van der Waals surface area contributed by atoms with Crippen molar-refractivity contribution in [2.24, 2.45) is 4.99 Å². The summed E-state index contributed by atoms with van der Waals surface area (Å²) < 4.78 is 66.3. The van der Waals surface area contributed by atoms with E-state index in [0.29, 0.717) is 43.3 Å². The summed E-state index contributed by atoms with van der Waals surface area (Å²) >= 11 is 0. The highest BCUT2D eigenvalue weighted by Gasteiger charge is 2.42. The smallest absolute Gasteiger partial charge is 0.454 e. The van der Waals surface area contributed by atoms with Gasteiger partial charge in [-0.2, -0.15) is 17.6 Å². The number of benzene rings is 3. The van der Waals surface area contributed by atoms with E-state index in [2.05, 4.69) is 35.6 Å². The third-order valence-electron chi connectivity index (χ3n) is 7.10. The second-order valence-electron chi connectivity index (χ2n) is 11.1. The van der Waals surface area contributed by atoms with Gasteiger partial charge in [-0.15, -0.1) is 0 Å². The Morgan fingerprint density at radius 2 is 1.69 bits per heavy atom. The van der Waals surface area contributed by atoms with Crippen LogP contribution in [0.3, 0.4) is 0 Å². The molecule has 6 nitrogen and oxygen atoms in total. The minimum atomic E-state index is -4.54. The van der Waals surface area contributed by atoms with Gasteiger partial charge in [0, 0.05) is 44.9 Å². The number of hydrogen-bond donors (Lipinski definition) is 0. The van der Waals surface area contributed by atoms with Gasteiger partial charge in [-0.3, -0.25) is 4.90 Å². The van der Waals surface area contributed by atoms with Crippen molar-refractivity contribution < 1.29 is 31.8 Å². The number of alkyl halides is 4. The summed E-state index contributed by atoms with van der Waals surface area (Å²) in [5.74, 6) is 2.44. The van der Waals surface area contributed by atoms with Crippen LogP contribution in [0.2, 0.25) is 0 Å². The topological polar surface area (TPSA) is 46.5 Å². The number of ether oxygens (including phenoxy) is 3. The van der Waals surface area contributed by atoms with Gasteiger partial charge in [0.15, 0.2) is 11.5 Å². The molecule has 240 valence electrons. The van der Waals surface area contributed by atoms with Crippen molar-refractivity contribution in [2.75, 3.05) is 34.0 Å². The molecule has 3 aromatic carbocycles. The lowest BCUT2D eigenvalue weighted by Crippen LogP contribution is -2.28. The summed E-state index contributed by atoms with van der Waals surface area (Å²) in [7, 11) is 3.90. The molecule has 0 saturated carbocycles. The summed E-state index contributed by atoms with van der Waals surface area (Å²) in [5.41, 5.74) is 4.85. The fraction of sp³-hybridized carbons (Fsp3) is 0.343. The van der Waals surface area contributed by atoms with Crippen molar-refractivity contribution >= 4 is 11.5 Å². The van der Waals surface area contributed by atoms with Crippen LogP contribution in [0.4, 0.5) is 17.6 Å². The fourth-order valence-corrected chi connectivity index (χ4v) is 4.67. The Morgan fingerprint density at radius 1 is 0.956 bits per heavy atom. The normalized spacial score (nSPS) is 13.8. The molecule has 0 aliphatic carbocycles. The van der Waals surface area contributed by atoms with E-state index >= 15 is 0 Å². The molecule has 0 amide bonds. The molecule has 0 N–H and O–H groups in total. The number of rotatable bonds is 14. The zero-order valence-corrected chi connectivity index (χ0v) is 25.9. The minimum Gasteiger partial charge on any atom is -0.454 e. The van der Waals surface area contributed by atoms with Crippen LogP contribution in [0, 0.1) is 0 Å². The molecule has 0 saturated heterocycles. The lowest BCUT2D eigenvalue weighted by molar-refractivity contribution is -0.274. The molecule has 4 rings (SSSR count). The number of nitrogens with zero attached hydrogens (tertiary/aromatic N) is 3. The first kappa shape index (κ1) is 33.6. The van der Waals surface area contributed by atoms with E-state index in [-0.39, 0.29) is 13.2 Å². The summed E-state index contributed by atoms with van der Waals surface area (Å²) in [6, 6.07) is 23.9. The first-order valence-corrected chi connectivity index (χ1v) is 14.7. The van der Waals surface area contributed by atoms with E-state index < -0.39 is 12.5 Å². The molecule has 1 aliphatic heterocycles. The van der Waals surface area contributed by atoms with Crippen LogP contribution < -0.4 is 9.47 Å². The molecular weight excluding hydrogens is 586 g/mol. The molecule has 0 atom stereocenters. The van der Waals surface area contributed by atoms with Gasteiger partial charge in [-0.1, -0.05) is 68.4 Å². The monoisotopic (exact) mass is 625 g/mol. The van der Waals surface area contributed by atoms with Gasteiger partial charge in [-0.25, -0.2) is 4.99 Å². The van der Waals surface area contributed by atoms with Crippen molar-refractivity contribution in [3.05, 3.63) is 113 Å². The Labute approximate surface area is 262 Å². The lowest BCUT2D eigenvalue weighted by Gasteiger charge is -2.22. The van der Waals surface area contributed by atoms with Crippen molar-refractivity contribution in [1.82, 2.24) is 9.80 Å². The van der Waals surface area contributed by atoms with Crippen molar-refractivity contribution in [3.8, 4) is 11.5 Å². The highest BCUT2D eigenvalue weighted by atomic mass is 19.3. The number of hydrogen-bond acceptors (Lipinski definition) is 5. The maximum absolute atomic E-state index is 13.2. The van der Waals surface area contributed by atoms with Crippen LogP contribution in [0.25, 0.3) is 5.70 Å². The fourth-order valence-electron chi connectivity index (χ4n) is 4.67. The SMILES string of the molecule is CC(C)c1cccc(/C(=C\CN(CC/C=C/OC(F)(F)C(F)F)Cc2ccc3c(c2)OCO3)N=C(c2ccccc2)N(C)C)c1. The molecule has 0 aromatic heterocycles. The summed E-state index contributed by atoms with van der Waals surface area (Å²) in [6.45, 7) is 5.82. The second kappa shape index (κ2) is 15.6. The van der Waals surface area contributed by atoms with Gasteiger partial charge in [0.1, 0.15) is 5.84 Å². The zero-order chi connectivity index (χ0) is 32.4. The second-order valence-corrected chi connectivity index (χ2v) is 11.1.